The summed E-state index contributed by atoms with van der Waals surface area (Å²) >= 11 is 0. The lowest BCUT2D eigenvalue weighted by molar-refractivity contribution is -0.166. The van der Waals surface area contributed by atoms with E-state index in [9.17, 15) is 14.4 Å². The minimum absolute atomic E-state index is 0.107. The first-order valence-corrected chi connectivity index (χ1v) is 20.6. The Kier molecular flexibility index (Phi) is 37.1. The van der Waals surface area contributed by atoms with E-state index in [4.69, 9.17) is 14.2 Å². The third-order valence-electron chi connectivity index (χ3n) is 8.58. The monoisotopic (exact) mass is 701 g/mol. The average Bonchev–Trinajstić information content (AvgIpc) is 3.11. The molecule has 1 atom stereocenters. The van der Waals surface area contributed by atoms with Crippen molar-refractivity contribution in [3.05, 3.63) is 48.6 Å². The molecule has 0 radical (unpaired) electrons. The molecule has 0 aliphatic carbocycles. The Morgan fingerprint density at radius 3 is 1.36 bits per heavy atom. The van der Waals surface area contributed by atoms with E-state index >= 15 is 0 Å². The maximum atomic E-state index is 12.6. The van der Waals surface area contributed by atoms with Crippen LogP contribution in [0.15, 0.2) is 48.6 Å². The second-order valence-electron chi connectivity index (χ2n) is 13.5. The smallest absolute Gasteiger partial charge is 0.306 e. The Bertz CT molecular complexity index is 902. The molecular formula is C44H76O6. The molecule has 0 aliphatic heterocycles. The number of carbonyl (C=O) groups is 3. The normalized spacial score (nSPS) is 12.5. The van der Waals surface area contributed by atoms with Crippen LogP contribution in [0, 0.1) is 0 Å². The molecule has 0 amide bonds. The molecule has 0 aliphatic rings. The van der Waals surface area contributed by atoms with Crippen LogP contribution < -0.4 is 0 Å². The third-order valence-corrected chi connectivity index (χ3v) is 8.58. The van der Waals surface area contributed by atoms with Gasteiger partial charge in [0.05, 0.1) is 0 Å². The lowest BCUT2D eigenvalue weighted by Crippen LogP contribution is -2.30. The summed E-state index contributed by atoms with van der Waals surface area (Å²) in [6.45, 7) is 6.38. The number of esters is 3. The van der Waals surface area contributed by atoms with Crippen LogP contribution in [0.1, 0.15) is 194 Å². The number of hydrogen-bond donors (Lipinski definition) is 0. The van der Waals surface area contributed by atoms with Crippen molar-refractivity contribution in [3.8, 4) is 0 Å². The lowest BCUT2D eigenvalue weighted by atomic mass is 10.1. The van der Waals surface area contributed by atoms with Crippen LogP contribution in [0.3, 0.4) is 0 Å². The highest BCUT2D eigenvalue weighted by atomic mass is 16.6. The summed E-state index contributed by atoms with van der Waals surface area (Å²) in [6, 6.07) is 0. The van der Waals surface area contributed by atoms with Gasteiger partial charge in [-0.1, -0.05) is 159 Å². The summed E-state index contributed by atoms with van der Waals surface area (Å²) < 4.78 is 16.5. The summed E-state index contributed by atoms with van der Waals surface area (Å²) in [5, 5.41) is 0. The SMILES string of the molecule is CC/C=C\C/C=C\CCCCC(=O)OCC(COC(=O)CC/C=C\C/C=C\CCCCCCCC)OC(=O)CCCCCCCCCCCC. The van der Waals surface area contributed by atoms with E-state index in [0.29, 0.717) is 19.3 Å². The highest BCUT2D eigenvalue weighted by Gasteiger charge is 2.19. The van der Waals surface area contributed by atoms with Gasteiger partial charge in [-0.2, -0.15) is 0 Å². The minimum atomic E-state index is -0.801. The fourth-order valence-corrected chi connectivity index (χ4v) is 5.47. The molecule has 0 saturated carbocycles. The molecule has 0 rings (SSSR count). The number of allylic oxidation sites excluding steroid dienone is 8. The van der Waals surface area contributed by atoms with Gasteiger partial charge in [0.1, 0.15) is 13.2 Å². The van der Waals surface area contributed by atoms with Gasteiger partial charge in [-0.3, -0.25) is 14.4 Å². The number of hydrogen-bond acceptors (Lipinski definition) is 6. The van der Waals surface area contributed by atoms with Gasteiger partial charge in [0.2, 0.25) is 0 Å². The van der Waals surface area contributed by atoms with E-state index in [1.165, 1.54) is 83.5 Å². The maximum absolute atomic E-state index is 12.6. The van der Waals surface area contributed by atoms with Crippen molar-refractivity contribution in [1.82, 2.24) is 0 Å². The standard InChI is InChI=1S/C44H76O6/c1-4-7-10-13-16-19-21-22-23-26-28-31-34-37-43(46)49-40-41(39-48-42(45)36-33-30-27-24-18-15-12-9-6-3)50-44(47)38-35-32-29-25-20-17-14-11-8-5-2/h9,12,18,22-24,28,31,41H,4-8,10-11,13-17,19-21,25-27,29-30,32-40H2,1-3H3/b12-9-,23-22-,24-18-,31-28-. The maximum Gasteiger partial charge on any atom is 0.306 e. The van der Waals surface area contributed by atoms with Crippen molar-refractivity contribution in [3.63, 3.8) is 0 Å². The molecule has 1 unspecified atom stereocenters. The summed E-state index contributed by atoms with van der Waals surface area (Å²) in [7, 11) is 0. The average molecular weight is 701 g/mol. The fourth-order valence-electron chi connectivity index (χ4n) is 5.47. The largest absolute Gasteiger partial charge is 0.462 e. The third kappa shape index (κ3) is 36.6. The molecule has 0 fully saturated rings. The molecule has 0 spiro atoms. The van der Waals surface area contributed by atoms with Crippen LogP contribution in [0.2, 0.25) is 0 Å². The van der Waals surface area contributed by atoms with E-state index in [1.54, 1.807) is 0 Å². The minimum Gasteiger partial charge on any atom is -0.462 e. The quantitative estimate of drug-likeness (QED) is 0.0280. The predicted molar refractivity (Wildman–Crippen MR) is 210 cm³/mol. The summed E-state index contributed by atoms with van der Waals surface area (Å²) in [6.07, 6.45) is 44.0. The molecule has 0 aromatic heterocycles. The first-order valence-electron chi connectivity index (χ1n) is 20.6. The summed E-state index contributed by atoms with van der Waals surface area (Å²) in [5.74, 6) is -1.02. The lowest BCUT2D eigenvalue weighted by Gasteiger charge is -2.18. The zero-order chi connectivity index (χ0) is 36.6. The molecule has 0 bridgehead atoms. The van der Waals surface area contributed by atoms with Crippen LogP contribution in [0.4, 0.5) is 0 Å². The van der Waals surface area contributed by atoms with Crippen molar-refractivity contribution in [2.45, 2.75) is 200 Å². The molecule has 0 N–H and O–H groups in total. The van der Waals surface area contributed by atoms with E-state index < -0.39 is 6.10 Å². The molecule has 0 saturated heterocycles. The first-order chi connectivity index (χ1) is 24.5. The fraction of sp³-hybridized carbons (Fsp3) is 0.750. The van der Waals surface area contributed by atoms with Gasteiger partial charge >= 0.3 is 17.9 Å². The first kappa shape index (κ1) is 47.4. The molecule has 50 heavy (non-hydrogen) atoms. The van der Waals surface area contributed by atoms with Crippen molar-refractivity contribution >= 4 is 17.9 Å². The number of unbranched alkanes of at least 4 members (excludes halogenated alkanes) is 17. The van der Waals surface area contributed by atoms with E-state index in [-0.39, 0.29) is 37.5 Å². The number of ether oxygens (including phenoxy) is 3. The highest BCUT2D eigenvalue weighted by Crippen LogP contribution is 2.13. The molecular weight excluding hydrogens is 624 g/mol. The van der Waals surface area contributed by atoms with Gasteiger partial charge in [0.15, 0.2) is 6.10 Å². The second-order valence-corrected chi connectivity index (χ2v) is 13.5. The molecule has 0 heterocycles. The van der Waals surface area contributed by atoms with Crippen molar-refractivity contribution in [2.75, 3.05) is 13.2 Å². The second kappa shape index (κ2) is 39.2. The topological polar surface area (TPSA) is 78.9 Å². The van der Waals surface area contributed by atoms with Gasteiger partial charge in [-0.15, -0.1) is 0 Å². The highest BCUT2D eigenvalue weighted by molar-refractivity contribution is 5.71. The van der Waals surface area contributed by atoms with Crippen LogP contribution in [0.5, 0.6) is 0 Å². The van der Waals surface area contributed by atoms with Crippen molar-refractivity contribution in [1.29, 1.82) is 0 Å². The zero-order valence-corrected chi connectivity index (χ0v) is 32.7. The Morgan fingerprint density at radius 1 is 0.420 bits per heavy atom. The van der Waals surface area contributed by atoms with Crippen LogP contribution in [-0.4, -0.2) is 37.2 Å². The van der Waals surface area contributed by atoms with Gasteiger partial charge in [0, 0.05) is 19.3 Å². The number of carbonyl (C=O) groups excluding carboxylic acids is 3. The van der Waals surface area contributed by atoms with E-state index in [1.807, 2.05) is 6.08 Å². The summed E-state index contributed by atoms with van der Waals surface area (Å²) in [5.41, 5.74) is 0. The Hall–Kier alpha value is -2.63. The van der Waals surface area contributed by atoms with E-state index in [0.717, 1.165) is 64.2 Å². The predicted octanol–water partition coefficient (Wildman–Crippen LogP) is 12.8. The molecule has 0 aromatic carbocycles. The Labute approximate surface area is 307 Å². The van der Waals surface area contributed by atoms with Crippen molar-refractivity contribution in [2.24, 2.45) is 0 Å². The van der Waals surface area contributed by atoms with Crippen LogP contribution in [0.25, 0.3) is 0 Å². The Morgan fingerprint density at radius 2 is 0.820 bits per heavy atom. The van der Waals surface area contributed by atoms with Crippen molar-refractivity contribution < 1.29 is 28.6 Å². The molecule has 6 heteroatoms. The van der Waals surface area contributed by atoms with Gasteiger partial charge in [0.25, 0.3) is 0 Å². The van der Waals surface area contributed by atoms with Crippen LogP contribution >= 0.6 is 0 Å². The van der Waals surface area contributed by atoms with Gasteiger partial charge in [-0.05, 0) is 64.2 Å². The number of rotatable bonds is 36. The molecule has 0 aromatic rings. The molecule has 6 nitrogen and oxygen atoms in total. The molecule has 288 valence electrons. The summed E-state index contributed by atoms with van der Waals surface area (Å²) in [4.78, 5) is 37.4. The van der Waals surface area contributed by atoms with Gasteiger partial charge in [-0.25, -0.2) is 0 Å². The Balaban J connectivity index is 4.47. The van der Waals surface area contributed by atoms with Crippen LogP contribution in [-0.2, 0) is 28.6 Å². The van der Waals surface area contributed by atoms with Gasteiger partial charge < -0.3 is 14.2 Å². The van der Waals surface area contributed by atoms with E-state index in [2.05, 4.69) is 63.3 Å². The zero-order valence-electron chi connectivity index (χ0n) is 32.7.